The highest BCUT2D eigenvalue weighted by atomic mass is 35.5. The number of hydrogen-bond donors (Lipinski definition) is 2. The van der Waals surface area contributed by atoms with Gasteiger partial charge in [0, 0.05) is 21.4 Å². The van der Waals surface area contributed by atoms with Gasteiger partial charge in [-0.05, 0) is 86.7 Å². The number of anilines is 1. The van der Waals surface area contributed by atoms with Gasteiger partial charge in [-0.1, -0.05) is 60.1 Å². The van der Waals surface area contributed by atoms with Crippen molar-refractivity contribution in [3.05, 3.63) is 111 Å². The van der Waals surface area contributed by atoms with Crippen molar-refractivity contribution in [1.82, 2.24) is 10.2 Å². The topological polar surface area (TPSA) is 114 Å². The lowest BCUT2D eigenvalue weighted by molar-refractivity contribution is -0.128. The second-order valence-corrected chi connectivity index (χ2v) is 14.8. The van der Waals surface area contributed by atoms with Crippen LogP contribution >= 0.6 is 22.9 Å². The molecule has 2 heterocycles. The first-order valence-electron chi connectivity index (χ1n) is 15.6. The van der Waals surface area contributed by atoms with Crippen LogP contribution in [0.3, 0.4) is 0 Å². The number of thiophene rings is 1. The van der Waals surface area contributed by atoms with E-state index in [-0.39, 0.29) is 31.4 Å². The SMILES string of the molecule is Cc1sc(NC(=O)C2(NC(=O)OCC3c4ccccc4-c4ccccc43)CN(C(=O)OC(C)(C)C)C2)c(C(=O)c2ccc(Cl)cc2)c1C. The Morgan fingerprint density at radius 1 is 0.917 bits per heavy atom. The van der Waals surface area contributed by atoms with E-state index in [0.717, 1.165) is 32.7 Å². The number of rotatable bonds is 7. The summed E-state index contributed by atoms with van der Waals surface area (Å²) in [5, 5.41) is 6.50. The number of alkyl carbamates (subject to hydrolysis) is 1. The number of ketones is 1. The average molecular weight is 686 g/mol. The number of carbonyl (C=O) groups excluding carboxylic acids is 4. The van der Waals surface area contributed by atoms with Crippen LogP contribution in [0, 0.1) is 13.8 Å². The summed E-state index contributed by atoms with van der Waals surface area (Å²) in [6, 6.07) is 22.5. The molecule has 1 aliphatic carbocycles. The van der Waals surface area contributed by atoms with Crippen molar-refractivity contribution in [3.63, 3.8) is 0 Å². The van der Waals surface area contributed by atoms with Crippen molar-refractivity contribution < 1.29 is 28.7 Å². The van der Waals surface area contributed by atoms with Gasteiger partial charge < -0.3 is 25.0 Å². The summed E-state index contributed by atoms with van der Waals surface area (Å²) >= 11 is 7.30. The van der Waals surface area contributed by atoms with Gasteiger partial charge in [-0.2, -0.15) is 0 Å². The van der Waals surface area contributed by atoms with Crippen LogP contribution in [0.2, 0.25) is 5.02 Å². The van der Waals surface area contributed by atoms with Crippen molar-refractivity contribution in [3.8, 4) is 11.1 Å². The molecule has 0 unspecified atom stereocenters. The summed E-state index contributed by atoms with van der Waals surface area (Å²) in [5.74, 6) is -1.03. The zero-order valence-electron chi connectivity index (χ0n) is 27.3. The maximum absolute atomic E-state index is 14.1. The monoisotopic (exact) mass is 685 g/mol. The molecule has 2 aliphatic rings. The first-order chi connectivity index (χ1) is 22.8. The number of halogens is 1. The molecule has 48 heavy (non-hydrogen) atoms. The van der Waals surface area contributed by atoms with Gasteiger partial charge in [0.1, 0.15) is 17.2 Å². The van der Waals surface area contributed by atoms with E-state index < -0.39 is 29.2 Å². The maximum atomic E-state index is 14.1. The van der Waals surface area contributed by atoms with Crippen LogP contribution in [0.25, 0.3) is 11.1 Å². The third kappa shape index (κ3) is 6.42. The van der Waals surface area contributed by atoms with Crippen LogP contribution in [-0.4, -0.2) is 59.6 Å². The third-order valence-electron chi connectivity index (χ3n) is 8.64. The van der Waals surface area contributed by atoms with Gasteiger partial charge in [0.15, 0.2) is 11.3 Å². The molecule has 0 saturated carbocycles. The summed E-state index contributed by atoms with van der Waals surface area (Å²) in [6.07, 6.45) is -1.41. The van der Waals surface area contributed by atoms with E-state index in [1.54, 1.807) is 45.0 Å². The first-order valence-corrected chi connectivity index (χ1v) is 16.8. The van der Waals surface area contributed by atoms with Gasteiger partial charge in [-0.25, -0.2) is 9.59 Å². The Bertz CT molecular complexity index is 1880. The van der Waals surface area contributed by atoms with E-state index in [2.05, 4.69) is 10.6 Å². The quantitative estimate of drug-likeness (QED) is 0.193. The van der Waals surface area contributed by atoms with Crippen molar-refractivity contribution in [2.24, 2.45) is 0 Å². The molecule has 0 spiro atoms. The number of carbonyl (C=O) groups is 4. The van der Waals surface area contributed by atoms with Gasteiger partial charge in [0.05, 0.1) is 18.7 Å². The van der Waals surface area contributed by atoms with Crippen molar-refractivity contribution in [1.29, 1.82) is 0 Å². The van der Waals surface area contributed by atoms with Crippen molar-refractivity contribution in [2.75, 3.05) is 25.0 Å². The van der Waals surface area contributed by atoms with Crippen LogP contribution in [0.4, 0.5) is 14.6 Å². The van der Waals surface area contributed by atoms with Crippen molar-refractivity contribution in [2.45, 2.75) is 51.7 Å². The molecular formula is C37H36ClN3O6S. The van der Waals surface area contributed by atoms with Crippen LogP contribution < -0.4 is 10.6 Å². The van der Waals surface area contributed by atoms with E-state index >= 15 is 0 Å². The Morgan fingerprint density at radius 3 is 2.08 bits per heavy atom. The van der Waals surface area contributed by atoms with Crippen LogP contribution in [0.5, 0.6) is 0 Å². The lowest BCUT2D eigenvalue weighted by Crippen LogP contribution is -2.76. The highest BCUT2D eigenvalue weighted by molar-refractivity contribution is 7.17. The summed E-state index contributed by atoms with van der Waals surface area (Å²) < 4.78 is 11.3. The van der Waals surface area contributed by atoms with Crippen LogP contribution in [0.15, 0.2) is 72.8 Å². The molecule has 0 atom stereocenters. The fourth-order valence-corrected chi connectivity index (χ4v) is 7.31. The smallest absolute Gasteiger partial charge is 0.410 e. The Hall–Kier alpha value is -4.67. The molecule has 3 amide bonds. The predicted octanol–water partition coefficient (Wildman–Crippen LogP) is 7.72. The van der Waals surface area contributed by atoms with Gasteiger partial charge in [0.25, 0.3) is 5.91 Å². The van der Waals surface area contributed by atoms with Crippen LogP contribution in [0.1, 0.15) is 64.2 Å². The second kappa shape index (κ2) is 12.7. The van der Waals surface area contributed by atoms with E-state index in [1.807, 2.05) is 62.4 Å². The molecule has 1 aliphatic heterocycles. The summed E-state index contributed by atoms with van der Waals surface area (Å²) in [7, 11) is 0. The molecule has 3 aromatic carbocycles. The largest absolute Gasteiger partial charge is 0.449 e. The average Bonchev–Trinajstić information content (AvgIpc) is 3.49. The highest BCUT2D eigenvalue weighted by Crippen LogP contribution is 2.44. The summed E-state index contributed by atoms with van der Waals surface area (Å²) in [6.45, 7) is 8.69. The molecule has 1 fully saturated rings. The maximum Gasteiger partial charge on any atom is 0.410 e. The van der Waals surface area contributed by atoms with E-state index in [1.165, 1.54) is 16.2 Å². The van der Waals surface area contributed by atoms with Crippen LogP contribution in [-0.2, 0) is 14.3 Å². The standard InChI is InChI=1S/C37H36ClN3O6S/c1-21-22(2)48-32(30(21)31(42)23-14-16-24(38)17-15-23)39-33(43)37(19-41(20-37)35(45)47-36(3,4)5)40-34(44)46-18-29-27-12-8-6-10-25(27)26-11-7-9-13-28(26)29/h6-17,29H,18-20H2,1-5H3,(H,39,43)(H,40,44). The number of likely N-dealkylation sites (tertiary alicyclic amines) is 1. The molecule has 4 aromatic rings. The molecule has 248 valence electrons. The van der Waals surface area contributed by atoms with E-state index in [9.17, 15) is 19.2 Å². The minimum absolute atomic E-state index is 0.0520. The Balaban J connectivity index is 1.23. The molecule has 0 radical (unpaired) electrons. The molecule has 1 saturated heterocycles. The predicted molar refractivity (Wildman–Crippen MR) is 186 cm³/mol. The Morgan fingerprint density at radius 2 is 1.50 bits per heavy atom. The Kier molecular flexibility index (Phi) is 8.82. The lowest BCUT2D eigenvalue weighted by Gasteiger charge is -2.48. The van der Waals surface area contributed by atoms with Gasteiger partial charge in [0.2, 0.25) is 0 Å². The number of fused-ring (bicyclic) bond motifs is 3. The summed E-state index contributed by atoms with van der Waals surface area (Å²) in [4.78, 5) is 56.2. The summed E-state index contributed by atoms with van der Waals surface area (Å²) in [5.41, 5.74) is 3.52. The molecule has 1 aromatic heterocycles. The minimum atomic E-state index is -1.54. The number of ether oxygens (including phenoxy) is 2. The number of nitrogens with zero attached hydrogens (tertiary/aromatic N) is 1. The molecule has 11 heteroatoms. The highest BCUT2D eigenvalue weighted by Gasteiger charge is 2.54. The molecule has 0 bridgehead atoms. The molecular weight excluding hydrogens is 650 g/mol. The van der Waals surface area contributed by atoms with Gasteiger partial charge >= 0.3 is 12.2 Å². The Labute approximate surface area is 288 Å². The third-order valence-corrected chi connectivity index (χ3v) is 10.0. The number of hydrogen-bond acceptors (Lipinski definition) is 7. The fraction of sp³-hybridized carbons (Fsp3) is 0.297. The minimum Gasteiger partial charge on any atom is -0.449 e. The number of nitrogens with one attached hydrogen (secondary N) is 2. The normalized spacial score (nSPS) is 14.8. The van der Waals surface area contributed by atoms with Gasteiger partial charge in [-0.3, -0.25) is 9.59 Å². The van der Waals surface area contributed by atoms with E-state index in [0.29, 0.717) is 21.2 Å². The number of benzene rings is 3. The molecule has 2 N–H and O–H groups in total. The zero-order valence-corrected chi connectivity index (χ0v) is 28.9. The number of amides is 3. The van der Waals surface area contributed by atoms with Gasteiger partial charge in [-0.15, -0.1) is 11.3 Å². The first kappa shape index (κ1) is 33.2. The number of aryl methyl sites for hydroxylation is 1. The van der Waals surface area contributed by atoms with E-state index in [4.69, 9.17) is 21.1 Å². The molecule has 6 rings (SSSR count). The van der Waals surface area contributed by atoms with Crippen molar-refractivity contribution >= 4 is 51.8 Å². The lowest BCUT2D eigenvalue weighted by atomic mass is 9.89. The fourth-order valence-electron chi connectivity index (χ4n) is 6.13. The second-order valence-electron chi connectivity index (χ2n) is 13.1. The zero-order chi connectivity index (χ0) is 34.4. The molecule has 9 nitrogen and oxygen atoms in total.